The van der Waals surface area contributed by atoms with Crippen molar-refractivity contribution in [3.63, 3.8) is 0 Å². The minimum atomic E-state index is 0.00278. The summed E-state index contributed by atoms with van der Waals surface area (Å²) in [7, 11) is 0. The highest BCUT2D eigenvalue weighted by molar-refractivity contribution is 5.80. The number of aryl methyl sites for hydroxylation is 1. The maximum Gasteiger partial charge on any atom is 0.221 e. The van der Waals surface area contributed by atoms with Crippen LogP contribution in [0.25, 0.3) is 0 Å². The van der Waals surface area contributed by atoms with E-state index in [1.165, 1.54) is 0 Å². The van der Waals surface area contributed by atoms with Crippen LogP contribution in [0, 0.1) is 6.92 Å². The van der Waals surface area contributed by atoms with Gasteiger partial charge in [-0.2, -0.15) is 0 Å². The summed E-state index contributed by atoms with van der Waals surface area (Å²) >= 11 is 0. The monoisotopic (exact) mass is 253 g/mol. The number of hydrogen-bond donors (Lipinski definition) is 1. The summed E-state index contributed by atoms with van der Waals surface area (Å²) in [5, 5.41) is 3.04. The minimum Gasteiger partial charge on any atom is -0.349 e. The van der Waals surface area contributed by atoms with Crippen LogP contribution in [0.3, 0.4) is 0 Å². The largest absolute Gasteiger partial charge is 0.349 e. The van der Waals surface area contributed by atoms with Crippen LogP contribution in [0.15, 0.2) is 42.6 Å². The van der Waals surface area contributed by atoms with Gasteiger partial charge in [0, 0.05) is 18.5 Å². The maximum atomic E-state index is 11.7. The Labute approximate surface area is 111 Å². The predicted molar refractivity (Wildman–Crippen MR) is 71.5 cm³/mol. The summed E-state index contributed by atoms with van der Waals surface area (Å²) in [6, 6.07) is 11.9. The van der Waals surface area contributed by atoms with Crippen molar-refractivity contribution < 1.29 is 4.79 Å². The summed E-state index contributed by atoms with van der Waals surface area (Å²) in [6.07, 6.45) is 2.23. The first kappa shape index (κ1) is 11.8. The number of nitrogens with zero attached hydrogens (tertiary/aromatic N) is 2. The van der Waals surface area contributed by atoms with E-state index in [0.717, 1.165) is 17.1 Å². The van der Waals surface area contributed by atoms with Crippen molar-refractivity contribution in [3.05, 3.63) is 59.7 Å². The van der Waals surface area contributed by atoms with Crippen molar-refractivity contribution in [2.45, 2.75) is 25.3 Å². The Balaban J connectivity index is 1.97. The average Bonchev–Trinajstić information content (AvgIpc) is 2.82. The fraction of sp³-hybridized carbons (Fsp3) is 0.267. The Morgan fingerprint density at radius 3 is 2.74 bits per heavy atom. The summed E-state index contributed by atoms with van der Waals surface area (Å²) in [5.41, 5.74) is 2.05. The van der Waals surface area contributed by atoms with Crippen LogP contribution in [-0.4, -0.2) is 15.9 Å². The molecule has 2 unspecified atom stereocenters. The Bertz CT molecular complexity index is 597. The molecule has 4 nitrogen and oxygen atoms in total. The predicted octanol–water partition coefficient (Wildman–Crippen LogP) is 2.13. The second kappa shape index (κ2) is 4.80. The van der Waals surface area contributed by atoms with E-state index in [2.05, 4.69) is 15.3 Å². The molecule has 0 spiro atoms. The molecule has 3 rings (SSSR count). The molecular formula is C15H15N3O. The van der Waals surface area contributed by atoms with Gasteiger partial charge < -0.3 is 5.32 Å². The van der Waals surface area contributed by atoms with Gasteiger partial charge in [-0.1, -0.05) is 30.3 Å². The number of aromatic nitrogens is 2. The van der Waals surface area contributed by atoms with Crippen LogP contribution >= 0.6 is 0 Å². The van der Waals surface area contributed by atoms with Crippen LogP contribution in [0.1, 0.15) is 35.5 Å². The first-order valence-electron chi connectivity index (χ1n) is 6.38. The zero-order valence-electron chi connectivity index (χ0n) is 10.7. The number of amides is 1. The molecule has 2 atom stereocenters. The lowest BCUT2D eigenvalue weighted by atomic mass is 9.91. The normalized spacial score (nSPS) is 22.3. The molecule has 19 heavy (non-hydrogen) atoms. The molecule has 96 valence electrons. The Morgan fingerprint density at radius 1 is 1.21 bits per heavy atom. The van der Waals surface area contributed by atoms with Gasteiger partial charge in [0.25, 0.3) is 0 Å². The van der Waals surface area contributed by atoms with Gasteiger partial charge in [-0.25, -0.2) is 9.97 Å². The van der Waals surface area contributed by atoms with E-state index in [-0.39, 0.29) is 17.9 Å². The summed E-state index contributed by atoms with van der Waals surface area (Å²) in [5.74, 6) is 0.898. The molecule has 1 aliphatic heterocycles. The van der Waals surface area contributed by atoms with E-state index in [4.69, 9.17) is 0 Å². The lowest BCUT2D eigenvalue weighted by Crippen LogP contribution is -2.20. The molecule has 1 fully saturated rings. The van der Waals surface area contributed by atoms with E-state index < -0.39 is 0 Å². The standard InChI is InChI=1S/C15H15N3O/c1-10-16-8-7-13(17-10)12-9-14(19)18-15(12)11-5-3-2-4-6-11/h2-8,12,15H,9H2,1H3,(H,18,19). The molecule has 2 heterocycles. The molecule has 1 N–H and O–H groups in total. The molecule has 0 radical (unpaired) electrons. The Morgan fingerprint density at radius 2 is 2.00 bits per heavy atom. The maximum absolute atomic E-state index is 11.7. The van der Waals surface area contributed by atoms with Gasteiger partial charge in [0.1, 0.15) is 5.82 Å². The first-order valence-corrected chi connectivity index (χ1v) is 6.38. The summed E-state index contributed by atoms with van der Waals surface area (Å²) in [6.45, 7) is 1.87. The van der Waals surface area contributed by atoms with Gasteiger partial charge >= 0.3 is 0 Å². The van der Waals surface area contributed by atoms with Crippen molar-refractivity contribution in [1.82, 2.24) is 15.3 Å². The smallest absolute Gasteiger partial charge is 0.221 e. The van der Waals surface area contributed by atoms with Crippen LogP contribution in [0.5, 0.6) is 0 Å². The van der Waals surface area contributed by atoms with Crippen molar-refractivity contribution in [2.24, 2.45) is 0 Å². The van der Waals surface area contributed by atoms with Gasteiger partial charge in [0.15, 0.2) is 0 Å². The lowest BCUT2D eigenvalue weighted by molar-refractivity contribution is -0.119. The van der Waals surface area contributed by atoms with Crippen molar-refractivity contribution in [2.75, 3.05) is 0 Å². The average molecular weight is 253 g/mol. The molecule has 1 aromatic carbocycles. The highest BCUT2D eigenvalue weighted by Crippen LogP contribution is 2.37. The van der Waals surface area contributed by atoms with Gasteiger partial charge in [-0.15, -0.1) is 0 Å². The number of benzene rings is 1. The van der Waals surface area contributed by atoms with E-state index in [0.29, 0.717) is 6.42 Å². The molecule has 1 aromatic heterocycles. The zero-order valence-corrected chi connectivity index (χ0v) is 10.7. The van der Waals surface area contributed by atoms with Crippen LogP contribution in [0.2, 0.25) is 0 Å². The zero-order chi connectivity index (χ0) is 13.2. The van der Waals surface area contributed by atoms with E-state index >= 15 is 0 Å². The third-order valence-corrected chi connectivity index (χ3v) is 3.46. The SMILES string of the molecule is Cc1nccc(C2CC(=O)NC2c2ccccc2)n1. The van der Waals surface area contributed by atoms with Crippen molar-refractivity contribution >= 4 is 5.91 Å². The van der Waals surface area contributed by atoms with E-state index in [1.807, 2.05) is 43.3 Å². The third kappa shape index (κ3) is 2.34. The first-order chi connectivity index (χ1) is 9.24. The van der Waals surface area contributed by atoms with E-state index in [1.54, 1.807) is 6.20 Å². The summed E-state index contributed by atoms with van der Waals surface area (Å²) in [4.78, 5) is 20.3. The second-order valence-electron chi connectivity index (χ2n) is 4.80. The molecule has 1 amide bonds. The molecule has 0 bridgehead atoms. The molecule has 1 aliphatic rings. The van der Waals surface area contributed by atoms with Gasteiger partial charge in [0.05, 0.1) is 11.7 Å². The van der Waals surface area contributed by atoms with Crippen LogP contribution in [0.4, 0.5) is 0 Å². The molecule has 1 saturated heterocycles. The third-order valence-electron chi connectivity index (χ3n) is 3.46. The Hall–Kier alpha value is -2.23. The topological polar surface area (TPSA) is 54.9 Å². The highest BCUT2D eigenvalue weighted by atomic mass is 16.2. The van der Waals surface area contributed by atoms with Crippen molar-refractivity contribution in [1.29, 1.82) is 0 Å². The number of carbonyl (C=O) groups excluding carboxylic acids is 1. The molecule has 4 heteroatoms. The second-order valence-corrected chi connectivity index (χ2v) is 4.80. The molecule has 0 aliphatic carbocycles. The van der Waals surface area contributed by atoms with E-state index in [9.17, 15) is 4.79 Å². The van der Waals surface area contributed by atoms with Gasteiger partial charge in [-0.3, -0.25) is 4.79 Å². The lowest BCUT2D eigenvalue weighted by Gasteiger charge is -2.18. The molecular weight excluding hydrogens is 238 g/mol. The van der Waals surface area contributed by atoms with Crippen LogP contribution < -0.4 is 5.32 Å². The summed E-state index contributed by atoms with van der Waals surface area (Å²) < 4.78 is 0. The van der Waals surface area contributed by atoms with Crippen LogP contribution in [-0.2, 0) is 4.79 Å². The minimum absolute atomic E-state index is 0.00278. The number of nitrogens with one attached hydrogen (secondary N) is 1. The molecule has 2 aromatic rings. The van der Waals surface area contributed by atoms with Crippen molar-refractivity contribution in [3.8, 4) is 0 Å². The number of hydrogen-bond acceptors (Lipinski definition) is 3. The number of rotatable bonds is 2. The quantitative estimate of drug-likeness (QED) is 0.892. The fourth-order valence-electron chi connectivity index (χ4n) is 2.58. The molecule has 0 saturated carbocycles. The fourth-order valence-corrected chi connectivity index (χ4v) is 2.58. The number of carbonyl (C=O) groups is 1. The van der Waals surface area contributed by atoms with Gasteiger partial charge in [-0.05, 0) is 18.6 Å². The Kier molecular flexibility index (Phi) is 2.99. The van der Waals surface area contributed by atoms with Gasteiger partial charge in [0.2, 0.25) is 5.91 Å². The highest BCUT2D eigenvalue weighted by Gasteiger charge is 2.35.